The second-order valence-electron chi connectivity index (χ2n) is 7.07. The quantitative estimate of drug-likeness (QED) is 0.368. The van der Waals surface area contributed by atoms with Gasteiger partial charge in [0.05, 0.1) is 5.75 Å². The number of benzene rings is 1. The molecule has 158 valence electrons. The lowest BCUT2D eigenvalue weighted by molar-refractivity contribution is 0.0769. The first kappa shape index (κ1) is 21.9. The molecule has 2 aromatic heterocycles. The molecular weight excluding hydrogens is 396 g/mol. The van der Waals surface area contributed by atoms with Gasteiger partial charge in [-0.25, -0.2) is 9.97 Å². The zero-order valence-electron chi connectivity index (χ0n) is 18.0. The van der Waals surface area contributed by atoms with Gasteiger partial charge in [-0.1, -0.05) is 49.0 Å². The van der Waals surface area contributed by atoms with Crippen LogP contribution in [0.15, 0.2) is 58.1 Å². The van der Waals surface area contributed by atoms with Crippen molar-refractivity contribution in [2.45, 2.75) is 37.7 Å². The Labute approximate surface area is 182 Å². The summed E-state index contributed by atoms with van der Waals surface area (Å²) in [5, 5.41) is 0.708. The van der Waals surface area contributed by atoms with Crippen LogP contribution in [0.4, 0.5) is 5.82 Å². The second kappa shape index (κ2) is 10.3. The Morgan fingerprint density at radius 1 is 1.07 bits per heavy atom. The number of carbonyl (C=O) groups excluding carboxylic acids is 1. The molecule has 7 heteroatoms. The Bertz CT molecular complexity index is 974. The summed E-state index contributed by atoms with van der Waals surface area (Å²) in [7, 11) is 3.80. The third-order valence-corrected chi connectivity index (χ3v) is 5.67. The van der Waals surface area contributed by atoms with Gasteiger partial charge in [0.1, 0.15) is 11.6 Å². The summed E-state index contributed by atoms with van der Waals surface area (Å²) < 4.78 is 5.73. The number of hydrogen-bond acceptors (Lipinski definition) is 6. The monoisotopic (exact) mass is 424 g/mol. The fraction of sp³-hybridized carbons (Fsp3) is 0.348. The summed E-state index contributed by atoms with van der Waals surface area (Å²) in [6, 6.07) is 15.9. The number of rotatable bonds is 9. The molecule has 6 nitrogen and oxygen atoms in total. The molecule has 0 radical (unpaired) electrons. The number of anilines is 1. The molecule has 0 bridgehead atoms. The molecule has 1 amide bonds. The van der Waals surface area contributed by atoms with E-state index >= 15 is 0 Å². The first-order chi connectivity index (χ1) is 14.5. The van der Waals surface area contributed by atoms with Gasteiger partial charge in [0.2, 0.25) is 0 Å². The predicted molar refractivity (Wildman–Crippen MR) is 121 cm³/mol. The van der Waals surface area contributed by atoms with E-state index in [1.807, 2.05) is 44.3 Å². The largest absolute Gasteiger partial charge is 0.455 e. The third kappa shape index (κ3) is 5.63. The maximum atomic E-state index is 12.2. The van der Waals surface area contributed by atoms with E-state index < -0.39 is 0 Å². The number of furan rings is 1. The summed E-state index contributed by atoms with van der Waals surface area (Å²) in [6.07, 6.45) is 0.838. The van der Waals surface area contributed by atoms with Gasteiger partial charge in [-0.2, -0.15) is 0 Å². The summed E-state index contributed by atoms with van der Waals surface area (Å²) in [5.74, 6) is 2.45. The molecule has 2 heterocycles. The van der Waals surface area contributed by atoms with Crippen molar-refractivity contribution in [3.63, 3.8) is 0 Å². The number of nitrogens with zero attached hydrogens (tertiary/aromatic N) is 4. The highest BCUT2D eigenvalue weighted by Crippen LogP contribution is 2.24. The molecule has 0 atom stereocenters. The van der Waals surface area contributed by atoms with Crippen LogP contribution in [0.2, 0.25) is 0 Å². The Hall–Kier alpha value is -2.80. The van der Waals surface area contributed by atoms with Gasteiger partial charge in [-0.3, -0.25) is 4.79 Å². The zero-order chi connectivity index (χ0) is 21.5. The number of aryl methyl sites for hydroxylation is 1. The molecule has 0 N–H and O–H groups in total. The van der Waals surface area contributed by atoms with Crippen LogP contribution >= 0.6 is 11.8 Å². The minimum Gasteiger partial charge on any atom is -0.455 e. The van der Waals surface area contributed by atoms with Crippen molar-refractivity contribution in [1.29, 1.82) is 0 Å². The molecule has 0 aliphatic heterocycles. The van der Waals surface area contributed by atoms with Gasteiger partial charge in [0, 0.05) is 38.9 Å². The fourth-order valence-electron chi connectivity index (χ4n) is 2.88. The van der Waals surface area contributed by atoms with Crippen molar-refractivity contribution in [3.8, 4) is 0 Å². The number of thioether (sulfide) groups is 1. The van der Waals surface area contributed by atoms with Crippen LogP contribution in [0.1, 0.15) is 41.4 Å². The van der Waals surface area contributed by atoms with Crippen LogP contribution in [0.25, 0.3) is 0 Å². The van der Waals surface area contributed by atoms with Crippen molar-refractivity contribution < 1.29 is 9.21 Å². The Morgan fingerprint density at radius 3 is 2.53 bits per heavy atom. The van der Waals surface area contributed by atoms with Crippen LogP contribution < -0.4 is 4.90 Å². The molecule has 0 spiro atoms. The van der Waals surface area contributed by atoms with Crippen molar-refractivity contribution in [2.75, 3.05) is 25.5 Å². The minimum absolute atomic E-state index is 0.109. The summed E-state index contributed by atoms with van der Waals surface area (Å²) in [5.41, 5.74) is 2.23. The second-order valence-corrected chi connectivity index (χ2v) is 8.01. The van der Waals surface area contributed by atoms with Gasteiger partial charge in [-0.05, 0) is 31.0 Å². The van der Waals surface area contributed by atoms with E-state index in [0.29, 0.717) is 23.2 Å². The van der Waals surface area contributed by atoms with Crippen molar-refractivity contribution in [2.24, 2.45) is 0 Å². The Morgan fingerprint density at radius 2 is 1.83 bits per heavy atom. The molecule has 0 saturated carbocycles. The summed E-state index contributed by atoms with van der Waals surface area (Å²) in [6.45, 7) is 5.44. The highest BCUT2D eigenvalue weighted by Gasteiger charge is 2.15. The maximum absolute atomic E-state index is 12.2. The molecular formula is C23H28N4O2S. The van der Waals surface area contributed by atoms with Crippen LogP contribution in [0.3, 0.4) is 0 Å². The molecule has 0 saturated heterocycles. The van der Waals surface area contributed by atoms with Crippen LogP contribution in [0, 0.1) is 0 Å². The normalized spacial score (nSPS) is 10.8. The number of aromatic nitrogens is 2. The first-order valence-electron chi connectivity index (χ1n) is 10.1. The lowest BCUT2D eigenvalue weighted by Gasteiger charge is -2.19. The standard InChI is InChI=1S/C23H28N4O2S/c1-5-18-14-21(27(4)15-17-10-8-7-9-11-17)25-23(24-18)30-16-19-12-13-20(29-19)22(28)26(3)6-2/h7-14H,5-6,15-16H2,1-4H3. The SMILES string of the molecule is CCc1cc(N(C)Cc2ccccc2)nc(SCc2ccc(C(=O)N(C)CC)o2)n1. The van der Waals surface area contributed by atoms with E-state index in [0.717, 1.165) is 30.2 Å². The van der Waals surface area contributed by atoms with Gasteiger partial charge in [0.25, 0.3) is 5.91 Å². The molecule has 0 aliphatic rings. The third-order valence-electron chi connectivity index (χ3n) is 4.80. The lowest BCUT2D eigenvalue weighted by Crippen LogP contribution is -2.25. The Kier molecular flexibility index (Phi) is 7.52. The topological polar surface area (TPSA) is 62.5 Å². The van der Waals surface area contributed by atoms with Crippen LogP contribution in [0.5, 0.6) is 0 Å². The zero-order valence-corrected chi connectivity index (χ0v) is 18.8. The van der Waals surface area contributed by atoms with Crippen molar-refractivity contribution in [3.05, 3.63) is 71.3 Å². The number of hydrogen-bond donors (Lipinski definition) is 0. The van der Waals surface area contributed by atoms with Crippen LogP contribution in [-0.2, 0) is 18.7 Å². The van der Waals surface area contributed by atoms with Crippen molar-refractivity contribution in [1.82, 2.24) is 14.9 Å². The summed E-state index contributed by atoms with van der Waals surface area (Å²) in [4.78, 5) is 25.3. The smallest absolute Gasteiger partial charge is 0.289 e. The minimum atomic E-state index is -0.109. The van der Waals surface area contributed by atoms with E-state index in [4.69, 9.17) is 9.40 Å². The van der Waals surface area contributed by atoms with E-state index in [-0.39, 0.29) is 5.91 Å². The Balaban J connectivity index is 1.70. The highest BCUT2D eigenvalue weighted by molar-refractivity contribution is 7.98. The molecule has 0 unspecified atom stereocenters. The molecule has 3 aromatic rings. The molecule has 30 heavy (non-hydrogen) atoms. The number of carbonyl (C=O) groups is 1. The highest BCUT2D eigenvalue weighted by atomic mass is 32.2. The van der Waals surface area contributed by atoms with Crippen LogP contribution in [-0.4, -0.2) is 41.4 Å². The maximum Gasteiger partial charge on any atom is 0.289 e. The van der Waals surface area contributed by atoms with Gasteiger partial charge >= 0.3 is 0 Å². The predicted octanol–water partition coefficient (Wildman–Crippen LogP) is 4.65. The van der Waals surface area contributed by atoms with E-state index in [1.165, 1.54) is 17.3 Å². The first-order valence-corrected chi connectivity index (χ1v) is 11.1. The lowest BCUT2D eigenvalue weighted by atomic mass is 10.2. The average Bonchev–Trinajstić information content (AvgIpc) is 3.26. The summed E-state index contributed by atoms with van der Waals surface area (Å²) >= 11 is 1.51. The molecule has 0 fully saturated rings. The average molecular weight is 425 g/mol. The fourth-order valence-corrected chi connectivity index (χ4v) is 3.64. The van der Waals surface area contributed by atoms with E-state index in [1.54, 1.807) is 18.0 Å². The van der Waals surface area contributed by atoms with Gasteiger partial charge in [0.15, 0.2) is 10.9 Å². The van der Waals surface area contributed by atoms with Gasteiger partial charge in [-0.15, -0.1) is 0 Å². The van der Waals surface area contributed by atoms with Crippen molar-refractivity contribution >= 4 is 23.5 Å². The molecule has 3 rings (SSSR count). The number of amides is 1. The van der Waals surface area contributed by atoms with E-state index in [9.17, 15) is 4.79 Å². The van der Waals surface area contributed by atoms with E-state index in [2.05, 4.69) is 28.9 Å². The van der Waals surface area contributed by atoms with Gasteiger partial charge < -0.3 is 14.2 Å². The molecule has 1 aromatic carbocycles. The molecule has 0 aliphatic carbocycles.